The van der Waals surface area contributed by atoms with Crippen LogP contribution in [-0.4, -0.2) is 71.3 Å². The summed E-state index contributed by atoms with van der Waals surface area (Å²) in [6.07, 6.45) is 2.39. The van der Waals surface area contributed by atoms with Crippen molar-refractivity contribution in [1.82, 2.24) is 25.2 Å². The van der Waals surface area contributed by atoms with Crippen molar-refractivity contribution >= 4 is 5.82 Å². The number of ether oxygens (including phenoxy) is 2. The fourth-order valence-electron chi connectivity index (χ4n) is 2.50. The van der Waals surface area contributed by atoms with Crippen LogP contribution in [0.3, 0.4) is 0 Å². The van der Waals surface area contributed by atoms with Crippen LogP contribution in [-0.2, 0) is 22.4 Å². The highest BCUT2D eigenvalue weighted by atomic mass is 16.5. The summed E-state index contributed by atoms with van der Waals surface area (Å²) in [7, 11) is 1.66. The molecule has 2 aromatic rings. The maximum atomic E-state index is 5.79. The third kappa shape index (κ3) is 4.95. The minimum atomic E-state index is 0.0802. The van der Waals surface area contributed by atoms with Crippen molar-refractivity contribution in [3.05, 3.63) is 30.0 Å². The maximum absolute atomic E-state index is 5.79. The van der Waals surface area contributed by atoms with Gasteiger partial charge in [0.05, 0.1) is 25.9 Å². The van der Waals surface area contributed by atoms with Gasteiger partial charge in [0.2, 0.25) is 5.89 Å². The Balaban J connectivity index is 1.45. The van der Waals surface area contributed by atoms with Crippen molar-refractivity contribution in [2.45, 2.75) is 19.1 Å². The number of hydrogen-bond acceptors (Lipinski definition) is 9. The average Bonchev–Trinajstić information content (AvgIpc) is 3.07. The van der Waals surface area contributed by atoms with Gasteiger partial charge in [0, 0.05) is 39.4 Å². The molecular weight excluding hydrogens is 312 g/mol. The lowest BCUT2D eigenvalue weighted by Crippen LogP contribution is -2.44. The molecular formula is C15H22N6O3. The highest BCUT2D eigenvalue weighted by Crippen LogP contribution is 2.10. The monoisotopic (exact) mass is 334 g/mol. The van der Waals surface area contributed by atoms with Crippen LogP contribution >= 0.6 is 0 Å². The minimum Gasteiger partial charge on any atom is -0.384 e. The van der Waals surface area contributed by atoms with Crippen molar-refractivity contribution in [2.75, 3.05) is 45.3 Å². The molecule has 3 heterocycles. The Kier molecular flexibility index (Phi) is 6.05. The van der Waals surface area contributed by atoms with Crippen LogP contribution < -0.4 is 5.32 Å². The first-order valence-corrected chi connectivity index (χ1v) is 7.99. The molecule has 24 heavy (non-hydrogen) atoms. The zero-order valence-electron chi connectivity index (χ0n) is 13.7. The van der Waals surface area contributed by atoms with Gasteiger partial charge in [0.25, 0.3) is 0 Å². The second kappa shape index (κ2) is 8.67. The van der Waals surface area contributed by atoms with Gasteiger partial charge < -0.3 is 19.3 Å². The summed E-state index contributed by atoms with van der Waals surface area (Å²) >= 11 is 0. The highest BCUT2D eigenvalue weighted by molar-refractivity contribution is 5.31. The zero-order valence-corrected chi connectivity index (χ0v) is 13.7. The molecule has 0 radical (unpaired) electrons. The third-order valence-electron chi connectivity index (χ3n) is 3.70. The predicted octanol–water partition coefficient (Wildman–Crippen LogP) is 0.361. The van der Waals surface area contributed by atoms with E-state index >= 15 is 0 Å². The molecule has 1 unspecified atom stereocenters. The summed E-state index contributed by atoms with van der Waals surface area (Å²) in [5, 5.41) is 15.0. The Bertz CT molecular complexity index is 608. The van der Waals surface area contributed by atoms with Crippen molar-refractivity contribution in [3.8, 4) is 0 Å². The van der Waals surface area contributed by atoms with Crippen LogP contribution in [0, 0.1) is 0 Å². The van der Waals surface area contributed by atoms with Gasteiger partial charge in [-0.05, 0) is 12.1 Å². The van der Waals surface area contributed by atoms with Gasteiger partial charge >= 0.3 is 0 Å². The van der Waals surface area contributed by atoms with Gasteiger partial charge in [-0.25, -0.2) is 0 Å². The normalized spacial score (nSPS) is 18.6. The number of nitrogens with one attached hydrogen (secondary N) is 1. The zero-order chi connectivity index (χ0) is 16.6. The average molecular weight is 334 g/mol. The molecule has 0 aromatic carbocycles. The topological polar surface area (TPSA) is 98.4 Å². The summed E-state index contributed by atoms with van der Waals surface area (Å²) in [4.78, 5) is 6.64. The van der Waals surface area contributed by atoms with Crippen LogP contribution in [0.1, 0.15) is 11.7 Å². The molecule has 0 amide bonds. The molecule has 9 heteroatoms. The molecule has 1 aliphatic rings. The Labute approximate surface area is 140 Å². The number of anilines is 1. The predicted molar refractivity (Wildman–Crippen MR) is 85.4 cm³/mol. The van der Waals surface area contributed by atoms with E-state index in [4.69, 9.17) is 14.0 Å². The summed E-state index contributed by atoms with van der Waals surface area (Å²) in [6, 6.07) is 3.73. The van der Waals surface area contributed by atoms with Gasteiger partial charge in [-0.3, -0.25) is 4.90 Å². The molecule has 0 aliphatic carbocycles. The molecule has 130 valence electrons. The van der Waals surface area contributed by atoms with E-state index in [1.165, 1.54) is 0 Å². The first-order valence-electron chi connectivity index (χ1n) is 7.99. The SMILES string of the molecule is COCCc1noc(CN2CCOC(CNc3cccnn3)C2)n1. The van der Waals surface area contributed by atoms with Gasteiger partial charge in [-0.1, -0.05) is 5.16 Å². The molecule has 1 saturated heterocycles. The molecule has 3 rings (SSSR count). The van der Waals surface area contributed by atoms with E-state index in [2.05, 4.69) is 30.6 Å². The first-order chi connectivity index (χ1) is 11.8. The van der Waals surface area contributed by atoms with E-state index in [0.717, 1.165) is 18.9 Å². The quantitative estimate of drug-likeness (QED) is 0.733. The Morgan fingerprint density at radius 1 is 1.46 bits per heavy atom. The van der Waals surface area contributed by atoms with Crippen LogP contribution in [0.15, 0.2) is 22.9 Å². The third-order valence-corrected chi connectivity index (χ3v) is 3.70. The van der Waals surface area contributed by atoms with E-state index in [1.54, 1.807) is 13.3 Å². The fourth-order valence-corrected chi connectivity index (χ4v) is 2.50. The van der Waals surface area contributed by atoms with E-state index in [0.29, 0.717) is 44.4 Å². The maximum Gasteiger partial charge on any atom is 0.240 e. The van der Waals surface area contributed by atoms with E-state index < -0.39 is 0 Å². The molecule has 9 nitrogen and oxygen atoms in total. The molecule has 0 bridgehead atoms. The van der Waals surface area contributed by atoms with Gasteiger partial charge in [0.15, 0.2) is 5.82 Å². The van der Waals surface area contributed by atoms with Gasteiger partial charge in [-0.2, -0.15) is 10.1 Å². The summed E-state index contributed by atoms with van der Waals surface area (Å²) in [5.41, 5.74) is 0. The molecule has 0 saturated carbocycles. The van der Waals surface area contributed by atoms with Crippen molar-refractivity contribution < 1.29 is 14.0 Å². The Morgan fingerprint density at radius 2 is 2.42 bits per heavy atom. The van der Waals surface area contributed by atoms with Crippen LogP contribution in [0.2, 0.25) is 0 Å². The lowest BCUT2D eigenvalue weighted by Gasteiger charge is -2.32. The largest absolute Gasteiger partial charge is 0.384 e. The van der Waals surface area contributed by atoms with Crippen molar-refractivity contribution in [1.29, 1.82) is 0 Å². The van der Waals surface area contributed by atoms with Crippen molar-refractivity contribution in [2.24, 2.45) is 0 Å². The molecule has 1 fully saturated rings. The second-order valence-corrected chi connectivity index (χ2v) is 5.56. The standard InChI is InChI=1S/C15H22N6O3/c1-22-7-4-14-18-15(24-20-14)11-21-6-8-23-12(10-21)9-16-13-3-2-5-17-19-13/h2-3,5,12H,4,6-11H2,1H3,(H,16,19). The number of rotatable bonds is 8. The number of morpholine rings is 1. The smallest absolute Gasteiger partial charge is 0.240 e. The van der Waals surface area contributed by atoms with E-state index in [-0.39, 0.29) is 6.10 Å². The van der Waals surface area contributed by atoms with Crippen molar-refractivity contribution in [3.63, 3.8) is 0 Å². The lowest BCUT2D eigenvalue weighted by atomic mass is 10.2. The molecule has 1 N–H and O–H groups in total. The van der Waals surface area contributed by atoms with Crippen LogP contribution in [0.5, 0.6) is 0 Å². The van der Waals surface area contributed by atoms with E-state index in [9.17, 15) is 0 Å². The first kappa shape index (κ1) is 16.7. The summed E-state index contributed by atoms with van der Waals surface area (Å²) in [5.74, 6) is 2.06. The van der Waals surface area contributed by atoms with Gasteiger partial charge in [-0.15, -0.1) is 5.10 Å². The number of hydrogen-bond donors (Lipinski definition) is 1. The number of aromatic nitrogens is 4. The summed E-state index contributed by atoms with van der Waals surface area (Å²) in [6.45, 7) is 4.22. The molecule has 1 aliphatic heterocycles. The molecule has 0 spiro atoms. The fraction of sp³-hybridized carbons (Fsp3) is 0.600. The molecule has 1 atom stereocenters. The Morgan fingerprint density at radius 3 is 3.25 bits per heavy atom. The Hall–Kier alpha value is -2.10. The minimum absolute atomic E-state index is 0.0802. The van der Waals surface area contributed by atoms with Crippen LogP contribution in [0.4, 0.5) is 5.82 Å². The molecule has 2 aromatic heterocycles. The van der Waals surface area contributed by atoms with Gasteiger partial charge in [0.1, 0.15) is 5.82 Å². The number of nitrogens with zero attached hydrogens (tertiary/aromatic N) is 5. The lowest BCUT2D eigenvalue weighted by molar-refractivity contribution is -0.0268. The number of methoxy groups -OCH3 is 1. The van der Waals surface area contributed by atoms with Crippen LogP contribution in [0.25, 0.3) is 0 Å². The summed E-state index contributed by atoms with van der Waals surface area (Å²) < 4.78 is 16.1. The second-order valence-electron chi connectivity index (χ2n) is 5.56. The van der Waals surface area contributed by atoms with E-state index in [1.807, 2.05) is 12.1 Å². The highest BCUT2D eigenvalue weighted by Gasteiger charge is 2.22.